The summed E-state index contributed by atoms with van der Waals surface area (Å²) in [6.07, 6.45) is -0.891. The van der Waals surface area contributed by atoms with Gasteiger partial charge in [-0.05, 0) is 74.9 Å². The number of hydrogen-bond acceptors (Lipinski definition) is 14. The van der Waals surface area contributed by atoms with Crippen LogP contribution in [0.25, 0.3) is 0 Å². The first kappa shape index (κ1) is 48.9. The maximum Gasteiger partial charge on any atom is 0.407 e. The molecule has 0 heterocycles. The summed E-state index contributed by atoms with van der Waals surface area (Å²) in [5.41, 5.74) is 24.8. The van der Waals surface area contributed by atoms with Gasteiger partial charge in [-0.15, -0.1) is 12.4 Å². The van der Waals surface area contributed by atoms with Gasteiger partial charge in [0.05, 0.1) is 0 Å². The molecule has 0 bridgehead atoms. The van der Waals surface area contributed by atoms with E-state index in [0.29, 0.717) is 39.3 Å². The topological polar surface area (TPSA) is 273 Å². The van der Waals surface area contributed by atoms with E-state index in [2.05, 4.69) is 21.3 Å². The second-order valence-electron chi connectivity index (χ2n) is 15.2. The molecule has 0 aromatic heterocycles. The molecule has 0 spiro atoms. The van der Waals surface area contributed by atoms with Gasteiger partial charge in [0.2, 0.25) is 0 Å². The van der Waals surface area contributed by atoms with Gasteiger partial charge in [-0.1, -0.05) is 72.8 Å². The molecule has 0 aliphatic carbocycles. The van der Waals surface area contributed by atoms with Gasteiger partial charge in [-0.25, -0.2) is 9.59 Å². The monoisotopic (exact) mass is 834 g/mol. The third-order valence-electron chi connectivity index (χ3n) is 7.95. The quantitative estimate of drug-likeness (QED) is 0.0825. The number of benzene rings is 3. The second-order valence-corrected chi connectivity index (χ2v) is 15.2. The molecule has 0 saturated carbocycles. The van der Waals surface area contributed by atoms with Crippen molar-refractivity contribution in [2.45, 2.75) is 92.0 Å². The molecule has 2 amide bonds. The normalized spacial score (nSPS) is 10.8. The van der Waals surface area contributed by atoms with Crippen molar-refractivity contribution in [3.63, 3.8) is 0 Å². The maximum absolute atomic E-state index is 11.6. The van der Waals surface area contributed by atoms with Crippen molar-refractivity contribution >= 4 is 47.3 Å². The van der Waals surface area contributed by atoms with Gasteiger partial charge in [0.25, 0.3) is 21.7 Å². The van der Waals surface area contributed by atoms with Gasteiger partial charge < -0.3 is 53.7 Å². The smallest absolute Gasteiger partial charge is 0.407 e. The number of halogens is 1. The lowest BCUT2D eigenvalue weighted by molar-refractivity contribution is 0.0512. The zero-order valence-corrected chi connectivity index (χ0v) is 35.0. The third kappa shape index (κ3) is 15.9. The van der Waals surface area contributed by atoms with E-state index in [-0.39, 0.29) is 35.2 Å². The SMILES string of the molecule is CC(C)(C)OC(=O)NCc1cccc(CN)c1.CC(C)(C)OC(=O)NCc1cccc(CNc2c(N)c(=O)c2=O)c1.Cl.NCc1cccc(CNc2c(N)c(=O)c2=O)c1. The molecule has 0 unspecified atom stereocenters. The summed E-state index contributed by atoms with van der Waals surface area (Å²) < 4.78 is 10.3. The fourth-order valence-electron chi connectivity index (χ4n) is 5.11. The number of carbonyl (C=O) groups is 2. The predicted molar refractivity (Wildman–Crippen MR) is 235 cm³/mol. The van der Waals surface area contributed by atoms with Crippen LogP contribution in [-0.2, 0) is 48.7 Å². The largest absolute Gasteiger partial charge is 0.444 e. The predicted octanol–water partition coefficient (Wildman–Crippen LogP) is 4.03. The summed E-state index contributed by atoms with van der Waals surface area (Å²) in [4.78, 5) is 67.5. The van der Waals surface area contributed by atoms with Gasteiger partial charge in [-0.3, -0.25) is 19.2 Å². The van der Waals surface area contributed by atoms with Crippen molar-refractivity contribution in [1.82, 2.24) is 10.6 Å². The number of anilines is 4. The van der Waals surface area contributed by atoms with Crippen molar-refractivity contribution < 1.29 is 19.1 Å². The molecule has 0 saturated heterocycles. The molecule has 0 atom stereocenters. The van der Waals surface area contributed by atoms with Crippen LogP contribution in [0.2, 0.25) is 0 Å². The number of nitrogen functional groups attached to an aromatic ring is 2. The van der Waals surface area contributed by atoms with Crippen molar-refractivity contribution in [2.24, 2.45) is 11.5 Å². The Labute approximate surface area is 348 Å². The van der Waals surface area contributed by atoms with Crippen LogP contribution in [0.4, 0.5) is 32.3 Å². The summed E-state index contributed by atoms with van der Waals surface area (Å²) in [7, 11) is 0. The minimum absolute atomic E-state index is 0. The number of alkyl carbamates (subject to hydrolysis) is 2. The summed E-state index contributed by atoms with van der Waals surface area (Å²) in [6, 6.07) is 22.9. The molecular weight excluding hydrogens is 780 g/mol. The lowest BCUT2D eigenvalue weighted by Crippen LogP contribution is -2.36. The fourth-order valence-corrected chi connectivity index (χ4v) is 5.11. The minimum Gasteiger partial charge on any atom is -0.444 e. The van der Waals surface area contributed by atoms with Crippen LogP contribution in [0, 0.1) is 0 Å². The highest BCUT2D eigenvalue weighted by Crippen LogP contribution is 2.14. The average Bonchev–Trinajstić information content (AvgIpc) is 3.18. The average molecular weight is 835 g/mol. The van der Waals surface area contributed by atoms with Crippen LogP contribution in [0.15, 0.2) is 92.0 Å². The van der Waals surface area contributed by atoms with Crippen LogP contribution >= 0.6 is 12.4 Å². The standard InChI is InChI=1S/C17H21N3O4.C13H20N2O2.C12H13N3O2.ClH/c1-17(2,3)24-16(23)20-9-11-6-4-5-10(7-11)8-19-13-12(18)14(21)15(13)22;1-13(2,3)17-12(16)15-9-11-6-4-5-10(7-11)8-14;13-5-7-2-1-3-8(4-7)6-15-10-9(14)11(16)12(10)17;/h4-7,19H,8-9,18H2,1-3H3,(H,20,23);4-7H,8-9,14H2,1-3H3,(H,15,16);1-4,15H,5-6,13-14H2;1H. The summed E-state index contributed by atoms with van der Waals surface area (Å²) >= 11 is 0. The van der Waals surface area contributed by atoms with Crippen molar-refractivity contribution in [3.8, 4) is 0 Å². The zero-order valence-electron chi connectivity index (χ0n) is 34.2. The van der Waals surface area contributed by atoms with Crippen LogP contribution in [0.5, 0.6) is 0 Å². The molecule has 0 radical (unpaired) electrons. The highest BCUT2D eigenvalue weighted by molar-refractivity contribution is 5.85. The molecular formula is C42H55ClN8O8. The number of amides is 2. The summed E-state index contributed by atoms with van der Waals surface area (Å²) in [5, 5.41) is 11.1. The highest BCUT2D eigenvalue weighted by atomic mass is 35.5. The van der Waals surface area contributed by atoms with Crippen molar-refractivity contribution in [2.75, 3.05) is 22.1 Å². The Bertz CT molecular complexity index is 2320. The van der Waals surface area contributed by atoms with E-state index in [4.69, 9.17) is 32.4 Å². The van der Waals surface area contributed by atoms with Crippen LogP contribution in [-0.4, -0.2) is 23.4 Å². The van der Waals surface area contributed by atoms with Crippen LogP contribution in [0.3, 0.4) is 0 Å². The molecule has 0 aliphatic heterocycles. The first-order valence-electron chi connectivity index (χ1n) is 18.4. The zero-order chi connectivity index (χ0) is 43.2. The van der Waals surface area contributed by atoms with Crippen LogP contribution < -0.4 is 65.9 Å². The Kier molecular flexibility index (Phi) is 18.3. The Morgan fingerprint density at radius 2 is 0.797 bits per heavy atom. The second kappa shape index (κ2) is 22.1. The maximum atomic E-state index is 11.6. The van der Waals surface area contributed by atoms with E-state index in [1.165, 1.54) is 0 Å². The van der Waals surface area contributed by atoms with Gasteiger partial charge in [0.15, 0.2) is 0 Å². The molecule has 17 heteroatoms. The Balaban J connectivity index is 0.000000310. The fraction of sp³-hybridized carbons (Fsp3) is 0.333. The highest BCUT2D eigenvalue weighted by Gasteiger charge is 2.19. The number of rotatable bonds is 12. The molecule has 5 aromatic carbocycles. The van der Waals surface area contributed by atoms with Crippen molar-refractivity contribution in [3.05, 3.63) is 147 Å². The van der Waals surface area contributed by atoms with E-state index >= 15 is 0 Å². The van der Waals surface area contributed by atoms with Gasteiger partial charge >= 0.3 is 12.2 Å². The number of nitrogens with one attached hydrogen (secondary N) is 4. The molecule has 0 aliphatic rings. The van der Waals surface area contributed by atoms with Gasteiger partial charge in [0, 0.05) is 39.3 Å². The molecule has 12 N–H and O–H groups in total. The van der Waals surface area contributed by atoms with E-state index in [0.717, 1.165) is 33.4 Å². The number of ether oxygens (including phenoxy) is 2. The first-order valence-corrected chi connectivity index (χ1v) is 18.4. The van der Waals surface area contributed by atoms with Crippen molar-refractivity contribution in [1.29, 1.82) is 0 Å². The van der Waals surface area contributed by atoms with Gasteiger partial charge in [0.1, 0.15) is 34.0 Å². The Morgan fingerprint density at radius 1 is 0.508 bits per heavy atom. The Hall–Kier alpha value is -6.23. The van der Waals surface area contributed by atoms with E-state index in [9.17, 15) is 28.8 Å². The molecule has 59 heavy (non-hydrogen) atoms. The molecule has 16 nitrogen and oxygen atoms in total. The number of nitrogens with two attached hydrogens (primary N) is 4. The summed E-state index contributed by atoms with van der Waals surface area (Å²) in [5.74, 6) is 0. The Morgan fingerprint density at radius 3 is 1.08 bits per heavy atom. The summed E-state index contributed by atoms with van der Waals surface area (Å²) in [6.45, 7) is 13.4. The number of carbonyl (C=O) groups excluding carboxylic acids is 2. The number of hydrogen-bond donors (Lipinski definition) is 8. The van der Waals surface area contributed by atoms with Crippen LogP contribution in [0.1, 0.15) is 74.9 Å². The van der Waals surface area contributed by atoms with E-state index in [1.807, 2.05) is 93.6 Å². The first-order chi connectivity index (χ1) is 27.2. The third-order valence-corrected chi connectivity index (χ3v) is 7.95. The molecule has 5 aromatic rings. The lowest BCUT2D eigenvalue weighted by Gasteiger charge is -2.19. The lowest BCUT2D eigenvalue weighted by atomic mass is 10.1. The van der Waals surface area contributed by atoms with E-state index < -0.39 is 45.1 Å². The van der Waals surface area contributed by atoms with Gasteiger partial charge in [-0.2, -0.15) is 0 Å². The molecule has 5 rings (SSSR count). The molecule has 318 valence electrons. The minimum atomic E-state index is -0.646. The van der Waals surface area contributed by atoms with E-state index in [1.54, 1.807) is 20.8 Å². The molecule has 0 fully saturated rings.